The Balaban J connectivity index is 1.98. The van der Waals surface area contributed by atoms with Crippen LogP contribution in [0.2, 0.25) is 5.02 Å². The fraction of sp³-hybridized carbons (Fsp3) is 0.0625. The first-order valence-corrected chi connectivity index (χ1v) is 7.71. The smallest absolute Gasteiger partial charge is 0.339 e. The number of esters is 1. The Morgan fingerprint density at radius 1 is 1.09 bits per heavy atom. The Bertz CT molecular complexity index is 802. The van der Waals surface area contributed by atoms with Gasteiger partial charge in [0.05, 0.1) is 23.8 Å². The molecule has 1 aliphatic rings. The summed E-state index contributed by atoms with van der Waals surface area (Å²) in [6, 6.07) is 11.1. The lowest BCUT2D eigenvalue weighted by Gasteiger charge is -2.14. The van der Waals surface area contributed by atoms with Crippen LogP contribution in [0.15, 0.2) is 47.4 Å². The topological polar surface area (TPSA) is 63.7 Å². The summed E-state index contributed by atoms with van der Waals surface area (Å²) in [6.07, 6.45) is 0. The quantitative estimate of drug-likeness (QED) is 0.483. The largest absolute Gasteiger partial charge is 0.465 e. The van der Waals surface area contributed by atoms with Crippen LogP contribution in [0, 0.1) is 0 Å². The Kier molecular flexibility index (Phi) is 4.11. The maximum Gasteiger partial charge on any atom is 0.339 e. The van der Waals surface area contributed by atoms with E-state index >= 15 is 0 Å². The van der Waals surface area contributed by atoms with Gasteiger partial charge in [0.1, 0.15) is 0 Å². The van der Waals surface area contributed by atoms with Crippen molar-refractivity contribution in [1.82, 2.24) is 4.31 Å². The molecule has 0 saturated heterocycles. The second-order valence-corrected chi connectivity index (χ2v) is 6.10. The molecule has 3 rings (SSSR count). The number of hydrogen-bond donors (Lipinski definition) is 0. The van der Waals surface area contributed by atoms with Crippen molar-refractivity contribution >= 4 is 41.3 Å². The molecule has 116 valence electrons. The van der Waals surface area contributed by atoms with Gasteiger partial charge in [0.25, 0.3) is 11.8 Å². The SMILES string of the molecule is COC(=O)c1ccc(Cl)cc1SN1C(=O)c2ccccc2C1=O. The van der Waals surface area contributed by atoms with Gasteiger partial charge < -0.3 is 4.74 Å². The van der Waals surface area contributed by atoms with Gasteiger partial charge in [-0.2, -0.15) is 0 Å². The molecule has 0 aromatic heterocycles. The summed E-state index contributed by atoms with van der Waals surface area (Å²) in [5.41, 5.74) is 0.914. The van der Waals surface area contributed by atoms with E-state index < -0.39 is 17.8 Å². The van der Waals surface area contributed by atoms with Crippen molar-refractivity contribution in [3.8, 4) is 0 Å². The number of amides is 2. The van der Waals surface area contributed by atoms with Crippen LogP contribution in [-0.2, 0) is 4.74 Å². The number of hydrogen-bond acceptors (Lipinski definition) is 5. The molecule has 0 spiro atoms. The number of carbonyl (C=O) groups is 3. The standard InChI is InChI=1S/C16H10ClNO4S/c1-22-16(21)12-7-6-9(17)8-13(12)23-18-14(19)10-4-2-3-5-11(10)15(18)20/h2-8H,1H3. The van der Waals surface area contributed by atoms with E-state index in [1.807, 2.05) is 0 Å². The van der Waals surface area contributed by atoms with Gasteiger partial charge >= 0.3 is 5.97 Å². The molecule has 1 heterocycles. The average molecular weight is 348 g/mol. The van der Waals surface area contributed by atoms with Gasteiger partial charge in [0.15, 0.2) is 0 Å². The predicted molar refractivity (Wildman–Crippen MR) is 85.6 cm³/mol. The fourth-order valence-corrected chi connectivity index (χ4v) is 3.42. The molecule has 2 amide bonds. The normalized spacial score (nSPS) is 13.2. The van der Waals surface area contributed by atoms with Crippen LogP contribution in [0.25, 0.3) is 0 Å². The van der Waals surface area contributed by atoms with Crippen LogP contribution in [0.5, 0.6) is 0 Å². The van der Waals surface area contributed by atoms with Gasteiger partial charge in [-0.15, -0.1) is 0 Å². The molecule has 0 radical (unpaired) electrons. The number of ether oxygens (including phenoxy) is 1. The Hall–Kier alpha value is -2.31. The van der Waals surface area contributed by atoms with Gasteiger partial charge in [-0.3, -0.25) is 9.59 Å². The zero-order chi connectivity index (χ0) is 16.6. The van der Waals surface area contributed by atoms with Crippen molar-refractivity contribution in [1.29, 1.82) is 0 Å². The summed E-state index contributed by atoms with van der Waals surface area (Å²) < 4.78 is 5.73. The van der Waals surface area contributed by atoms with E-state index in [-0.39, 0.29) is 5.56 Å². The highest BCUT2D eigenvalue weighted by atomic mass is 35.5. The van der Waals surface area contributed by atoms with Gasteiger partial charge in [-0.25, -0.2) is 9.10 Å². The van der Waals surface area contributed by atoms with Gasteiger partial charge in [0.2, 0.25) is 0 Å². The molecule has 0 saturated carbocycles. The molecule has 0 fully saturated rings. The third-order valence-electron chi connectivity index (χ3n) is 3.30. The van der Waals surface area contributed by atoms with Crippen LogP contribution in [0.4, 0.5) is 0 Å². The maximum absolute atomic E-state index is 12.4. The fourth-order valence-electron chi connectivity index (χ4n) is 2.20. The summed E-state index contributed by atoms with van der Waals surface area (Å²) >= 11 is 6.82. The third kappa shape index (κ3) is 2.71. The Labute approximate surface area is 141 Å². The van der Waals surface area contributed by atoms with Crippen molar-refractivity contribution in [3.05, 3.63) is 64.2 Å². The summed E-state index contributed by atoms with van der Waals surface area (Å²) in [5.74, 6) is -1.42. The highest BCUT2D eigenvalue weighted by Crippen LogP contribution is 2.35. The van der Waals surface area contributed by atoms with E-state index in [0.717, 1.165) is 16.3 Å². The Morgan fingerprint density at radius 2 is 1.70 bits per heavy atom. The van der Waals surface area contributed by atoms with E-state index in [1.165, 1.54) is 19.2 Å². The number of fused-ring (bicyclic) bond motifs is 1. The lowest BCUT2D eigenvalue weighted by Crippen LogP contribution is -2.22. The molecule has 5 nitrogen and oxygen atoms in total. The summed E-state index contributed by atoms with van der Waals surface area (Å²) in [6.45, 7) is 0. The first-order valence-electron chi connectivity index (χ1n) is 6.56. The highest BCUT2D eigenvalue weighted by molar-refractivity contribution is 7.98. The first-order chi connectivity index (χ1) is 11.0. The average Bonchev–Trinajstić information content (AvgIpc) is 2.80. The number of rotatable bonds is 3. The van der Waals surface area contributed by atoms with E-state index in [2.05, 4.69) is 0 Å². The molecule has 0 unspecified atom stereocenters. The molecule has 0 aliphatic carbocycles. The van der Waals surface area contributed by atoms with E-state index in [9.17, 15) is 14.4 Å². The monoisotopic (exact) mass is 347 g/mol. The zero-order valence-corrected chi connectivity index (χ0v) is 13.5. The molecular formula is C16H10ClNO4S. The Morgan fingerprint density at radius 3 is 2.26 bits per heavy atom. The number of imide groups is 1. The van der Waals surface area contributed by atoms with Crippen LogP contribution < -0.4 is 0 Å². The minimum absolute atomic E-state index is 0.235. The minimum Gasteiger partial charge on any atom is -0.465 e. The van der Waals surface area contributed by atoms with Crippen LogP contribution in [0.1, 0.15) is 31.1 Å². The molecule has 0 N–H and O–H groups in total. The number of methoxy groups -OCH3 is 1. The molecule has 0 atom stereocenters. The number of carbonyl (C=O) groups excluding carboxylic acids is 3. The molecule has 23 heavy (non-hydrogen) atoms. The van der Waals surface area contributed by atoms with E-state index in [1.54, 1.807) is 30.3 Å². The summed E-state index contributed by atoms with van der Waals surface area (Å²) in [7, 11) is 1.26. The first kappa shape index (κ1) is 15.6. The third-order valence-corrected chi connectivity index (χ3v) is 4.58. The molecule has 2 aromatic rings. The van der Waals surface area contributed by atoms with Crippen molar-refractivity contribution in [2.45, 2.75) is 4.90 Å². The predicted octanol–water partition coefficient (Wildman–Crippen LogP) is 3.43. The van der Waals surface area contributed by atoms with Crippen molar-refractivity contribution in [3.63, 3.8) is 0 Å². The summed E-state index contributed by atoms with van der Waals surface area (Å²) in [5, 5.41) is 0.386. The molecule has 7 heteroatoms. The van der Waals surface area contributed by atoms with Crippen molar-refractivity contribution < 1.29 is 19.1 Å². The van der Waals surface area contributed by atoms with E-state index in [4.69, 9.17) is 16.3 Å². The van der Waals surface area contributed by atoms with E-state index in [0.29, 0.717) is 21.0 Å². The highest BCUT2D eigenvalue weighted by Gasteiger charge is 2.36. The van der Waals surface area contributed by atoms with Gasteiger partial charge in [0, 0.05) is 9.92 Å². The van der Waals surface area contributed by atoms with Gasteiger partial charge in [-0.05, 0) is 42.3 Å². The molecular weight excluding hydrogens is 338 g/mol. The summed E-state index contributed by atoms with van der Waals surface area (Å²) in [4.78, 5) is 37.0. The van der Waals surface area contributed by atoms with Crippen molar-refractivity contribution in [2.24, 2.45) is 0 Å². The van der Waals surface area contributed by atoms with Crippen LogP contribution in [-0.4, -0.2) is 29.2 Å². The molecule has 2 aromatic carbocycles. The minimum atomic E-state index is -0.569. The lowest BCUT2D eigenvalue weighted by molar-refractivity contribution is 0.0595. The second kappa shape index (κ2) is 6.06. The van der Waals surface area contributed by atoms with Crippen LogP contribution >= 0.6 is 23.5 Å². The number of halogens is 1. The molecule has 0 bridgehead atoms. The van der Waals surface area contributed by atoms with Crippen LogP contribution in [0.3, 0.4) is 0 Å². The maximum atomic E-state index is 12.4. The lowest BCUT2D eigenvalue weighted by atomic mass is 10.1. The number of benzene rings is 2. The zero-order valence-electron chi connectivity index (χ0n) is 11.9. The van der Waals surface area contributed by atoms with Gasteiger partial charge in [-0.1, -0.05) is 23.7 Å². The number of nitrogens with zero attached hydrogens (tertiary/aromatic N) is 1. The second-order valence-electron chi connectivity index (χ2n) is 4.67. The van der Waals surface area contributed by atoms with Crippen molar-refractivity contribution in [2.75, 3.05) is 7.11 Å². The molecule has 1 aliphatic heterocycles.